The first-order chi connectivity index (χ1) is 66.5. The van der Waals surface area contributed by atoms with Crippen LogP contribution in [0.2, 0.25) is 0 Å². The van der Waals surface area contributed by atoms with Crippen molar-refractivity contribution in [3.05, 3.63) is 554 Å². The molecule has 0 amide bonds. The maximum atomic E-state index is 2.39. The Kier molecular flexibility index (Phi) is 23.3. The van der Waals surface area contributed by atoms with Gasteiger partial charge in [0.15, 0.2) is 0 Å². The largest absolute Gasteiger partial charge is 0.311 e. The van der Waals surface area contributed by atoms with Gasteiger partial charge in [0.2, 0.25) is 0 Å². The van der Waals surface area contributed by atoms with Gasteiger partial charge in [0, 0.05) is 89.9 Å². The Labute approximate surface area is 802 Å². The van der Waals surface area contributed by atoms with Gasteiger partial charge in [-0.05, 0) is 291 Å². The molecule has 4 aliphatic rings. The molecule has 0 atom stereocenters. The maximum absolute atomic E-state index is 2.39. The van der Waals surface area contributed by atoms with Crippen LogP contribution in [0, 0.1) is 0 Å². The molecule has 4 nitrogen and oxygen atoms in total. The Morgan fingerprint density at radius 3 is 0.728 bits per heavy atom. The van der Waals surface area contributed by atoms with Crippen LogP contribution in [-0.2, 0) is 21.7 Å². The second-order valence-corrected chi connectivity index (χ2v) is 37.9. The summed E-state index contributed by atoms with van der Waals surface area (Å²) in [6, 6.07) is 183. The molecule has 136 heavy (non-hydrogen) atoms. The lowest BCUT2D eigenvalue weighted by Crippen LogP contribution is -2.16. The molecule has 0 unspecified atom stereocenters. The third-order valence-corrected chi connectivity index (χ3v) is 28.3. The number of nitrogens with zero attached hydrogens (tertiary/aromatic N) is 4. The Bertz CT molecular complexity index is 7460. The van der Waals surface area contributed by atoms with Gasteiger partial charge in [0.25, 0.3) is 0 Å². The number of fused-ring (bicyclic) bond motifs is 12. The standard InChI is InChI=1S/4C33H27N/c1-33(2)31-19-10-9-16-29(31)30-18-11-17-28(32(30)33)24-20-22-27(23-21-24)34(25-12-5-3-6-13-25)26-14-7-4-8-15-26;1-33(2)30-18-10-9-16-29(30)32-28(17-11-19-31(32)33)24-20-22-27(23-21-24)34(25-12-5-3-6-13-25)26-14-7-4-8-15-26;1-33(2)31-16-10-9-15-29(31)30-23-25(19-22-32(30)33)24-17-20-28(21-18-24)34(26-11-5-3-6-12-26)27-13-7-4-8-14-27;1-33(2)31-16-10-9-15-29(31)30-22-19-25(23-32(30)33)24-17-20-28(21-18-24)34(26-11-5-3-6-12-26)27-13-7-4-8-14-27/h4*3-23H,1-2H3. The molecule has 0 fully saturated rings. The first kappa shape index (κ1) is 86.3. The zero-order chi connectivity index (χ0) is 92.5. The molecule has 0 aliphatic heterocycles. The van der Waals surface area contributed by atoms with E-state index in [1.165, 1.54) is 134 Å². The van der Waals surface area contributed by atoms with E-state index in [1.54, 1.807) is 0 Å². The lowest BCUT2D eigenvalue weighted by Gasteiger charge is -2.26. The summed E-state index contributed by atoms with van der Waals surface area (Å²) in [7, 11) is 0. The second kappa shape index (κ2) is 36.6. The van der Waals surface area contributed by atoms with Gasteiger partial charge in [-0.25, -0.2) is 0 Å². The van der Waals surface area contributed by atoms with Crippen LogP contribution in [0.5, 0.6) is 0 Å². The van der Waals surface area contributed by atoms with Crippen molar-refractivity contribution in [3.8, 4) is 89.0 Å². The fourth-order valence-electron chi connectivity index (χ4n) is 21.5. The SMILES string of the molecule is CC1(C)c2ccccc2-c2c(-c3ccc(N(c4ccccc4)c4ccccc4)cc3)cccc21.CC1(C)c2ccccc2-c2cc(-c3ccc(N(c4ccccc4)c4ccccc4)cc3)ccc21.CC1(C)c2ccccc2-c2ccc(-c3ccc(N(c4ccccc4)c4ccccc4)cc3)cc21.CC1(C)c2ccccc2-c2cccc(-c3ccc(N(c4ccccc4)c4ccccc4)cc3)c21. The molecule has 4 aliphatic carbocycles. The van der Waals surface area contributed by atoms with E-state index in [2.05, 4.69) is 585 Å². The zero-order valence-electron chi connectivity index (χ0n) is 78.3. The fraction of sp³-hybridized carbons (Fsp3) is 0.0909. The second-order valence-electron chi connectivity index (χ2n) is 37.9. The molecule has 0 radical (unpaired) electrons. The van der Waals surface area contributed by atoms with Gasteiger partial charge in [0.05, 0.1) is 0 Å². The van der Waals surface area contributed by atoms with Crippen LogP contribution >= 0.6 is 0 Å². The summed E-state index contributed by atoms with van der Waals surface area (Å²) >= 11 is 0. The summed E-state index contributed by atoms with van der Waals surface area (Å²) in [4.78, 5) is 9.20. The number of para-hydroxylation sites is 8. The van der Waals surface area contributed by atoms with Gasteiger partial charge in [0.1, 0.15) is 0 Å². The van der Waals surface area contributed by atoms with Crippen molar-refractivity contribution in [1.82, 2.24) is 0 Å². The van der Waals surface area contributed by atoms with E-state index < -0.39 is 0 Å². The summed E-state index contributed by atoms with van der Waals surface area (Å²) < 4.78 is 0. The highest BCUT2D eigenvalue weighted by atomic mass is 15.2. The molecule has 656 valence electrons. The van der Waals surface area contributed by atoms with Crippen LogP contribution in [0.4, 0.5) is 68.2 Å². The third-order valence-electron chi connectivity index (χ3n) is 28.3. The predicted molar refractivity (Wildman–Crippen MR) is 577 cm³/mol. The topological polar surface area (TPSA) is 13.0 Å². The van der Waals surface area contributed by atoms with E-state index >= 15 is 0 Å². The third kappa shape index (κ3) is 16.3. The van der Waals surface area contributed by atoms with Crippen LogP contribution in [0.3, 0.4) is 0 Å². The van der Waals surface area contributed by atoms with E-state index in [1.807, 2.05) is 0 Å². The van der Waals surface area contributed by atoms with E-state index in [0.29, 0.717) is 0 Å². The summed E-state index contributed by atoms with van der Waals surface area (Å²) in [6.45, 7) is 18.7. The first-order valence-electron chi connectivity index (χ1n) is 47.5. The number of hydrogen-bond donors (Lipinski definition) is 0. The van der Waals surface area contributed by atoms with Gasteiger partial charge in [-0.3, -0.25) is 0 Å². The Hall–Kier alpha value is -16.4. The molecule has 24 rings (SSSR count). The van der Waals surface area contributed by atoms with Crippen LogP contribution in [0.25, 0.3) is 89.0 Å². The molecule has 0 N–H and O–H groups in total. The lowest BCUT2D eigenvalue weighted by molar-refractivity contribution is 0.660. The molecule has 0 saturated carbocycles. The van der Waals surface area contributed by atoms with Crippen LogP contribution < -0.4 is 19.6 Å². The van der Waals surface area contributed by atoms with E-state index in [0.717, 1.165) is 68.2 Å². The van der Waals surface area contributed by atoms with Crippen LogP contribution in [0.1, 0.15) is 99.9 Å². The number of anilines is 12. The molecule has 20 aromatic rings. The molecule has 0 aromatic heterocycles. The minimum Gasteiger partial charge on any atom is -0.311 e. The number of hydrogen-bond acceptors (Lipinski definition) is 4. The Morgan fingerprint density at radius 1 is 0.125 bits per heavy atom. The predicted octanol–water partition coefficient (Wildman–Crippen LogP) is 36.5. The van der Waals surface area contributed by atoms with Crippen LogP contribution in [0.15, 0.2) is 510 Å². The van der Waals surface area contributed by atoms with Crippen molar-refractivity contribution >= 4 is 68.2 Å². The average Bonchev–Trinajstić information content (AvgIpc) is 1.56. The van der Waals surface area contributed by atoms with Gasteiger partial charge < -0.3 is 19.6 Å². The Morgan fingerprint density at radius 2 is 0.346 bits per heavy atom. The minimum absolute atomic E-state index is 0.0132. The van der Waals surface area contributed by atoms with Gasteiger partial charge in [-0.15, -0.1) is 0 Å². The number of rotatable bonds is 16. The normalized spacial score (nSPS) is 13.2. The van der Waals surface area contributed by atoms with Crippen molar-refractivity contribution in [2.45, 2.75) is 77.0 Å². The van der Waals surface area contributed by atoms with Gasteiger partial charge in [-0.1, -0.05) is 407 Å². The average molecular weight is 1750 g/mol. The van der Waals surface area contributed by atoms with Crippen molar-refractivity contribution < 1.29 is 0 Å². The fourth-order valence-corrected chi connectivity index (χ4v) is 21.5. The molecule has 4 heteroatoms. The number of benzene rings is 20. The van der Waals surface area contributed by atoms with Crippen molar-refractivity contribution in [3.63, 3.8) is 0 Å². The van der Waals surface area contributed by atoms with Crippen LogP contribution in [-0.4, -0.2) is 0 Å². The van der Waals surface area contributed by atoms with E-state index in [-0.39, 0.29) is 21.7 Å². The monoisotopic (exact) mass is 1750 g/mol. The highest BCUT2D eigenvalue weighted by molar-refractivity contribution is 5.95. The first-order valence-corrected chi connectivity index (χ1v) is 47.5. The minimum atomic E-state index is -0.0265. The summed E-state index contributed by atoms with van der Waals surface area (Å²) in [5.41, 5.74) is 46.1. The highest BCUT2D eigenvalue weighted by Crippen LogP contribution is 2.57. The highest BCUT2D eigenvalue weighted by Gasteiger charge is 2.41. The molecule has 0 saturated heterocycles. The molecular weight excluding hydrogens is 1640 g/mol. The van der Waals surface area contributed by atoms with Gasteiger partial charge in [-0.2, -0.15) is 0 Å². The lowest BCUT2D eigenvalue weighted by atomic mass is 9.79. The maximum Gasteiger partial charge on any atom is 0.0462 e. The van der Waals surface area contributed by atoms with E-state index in [4.69, 9.17) is 0 Å². The van der Waals surface area contributed by atoms with Crippen molar-refractivity contribution in [2.24, 2.45) is 0 Å². The zero-order valence-corrected chi connectivity index (χ0v) is 78.3. The van der Waals surface area contributed by atoms with Gasteiger partial charge >= 0.3 is 0 Å². The van der Waals surface area contributed by atoms with Crippen molar-refractivity contribution in [1.29, 1.82) is 0 Å². The molecule has 0 heterocycles. The molecule has 0 spiro atoms. The molecule has 20 aromatic carbocycles. The van der Waals surface area contributed by atoms with Crippen molar-refractivity contribution in [2.75, 3.05) is 19.6 Å². The summed E-state index contributed by atoms with van der Waals surface area (Å²) in [5.74, 6) is 0. The molecule has 0 bridgehead atoms. The Balaban J connectivity index is 0.000000108. The summed E-state index contributed by atoms with van der Waals surface area (Å²) in [5, 5.41) is 0. The molecular formula is C132H108N4. The quantitative estimate of drug-likeness (QED) is 0.0956. The van der Waals surface area contributed by atoms with E-state index in [9.17, 15) is 0 Å². The smallest absolute Gasteiger partial charge is 0.0462 e. The summed E-state index contributed by atoms with van der Waals surface area (Å²) in [6.07, 6.45) is 0.